The number of halogens is 3. The van der Waals surface area contributed by atoms with Crippen molar-refractivity contribution < 1.29 is 21.2 Å². The van der Waals surface area contributed by atoms with Crippen molar-refractivity contribution in [3.8, 4) is 0 Å². The van der Waals surface area contributed by atoms with Crippen molar-refractivity contribution in [1.29, 1.82) is 0 Å². The van der Waals surface area contributed by atoms with Gasteiger partial charge in [-0.2, -0.15) is 0 Å². The first-order valence-corrected chi connectivity index (χ1v) is 14.5. The van der Waals surface area contributed by atoms with E-state index in [1.165, 1.54) is 16.4 Å². The van der Waals surface area contributed by atoms with E-state index >= 15 is 0 Å². The quantitative estimate of drug-likeness (QED) is 0.559. The van der Waals surface area contributed by atoms with Crippen LogP contribution in [0.15, 0.2) is 45.8 Å². The lowest BCUT2D eigenvalue weighted by Gasteiger charge is -2.42. The molecular weight excluding hydrogens is 529 g/mol. The largest absolute Gasteiger partial charge is 0.264 e. The van der Waals surface area contributed by atoms with Gasteiger partial charge in [-0.25, -0.2) is 21.2 Å². The van der Waals surface area contributed by atoms with Crippen LogP contribution in [0.5, 0.6) is 0 Å². The second-order valence-electron chi connectivity index (χ2n) is 8.60. The van der Waals surface area contributed by atoms with E-state index in [4.69, 9.17) is 11.6 Å². The van der Waals surface area contributed by atoms with E-state index in [0.29, 0.717) is 33.6 Å². The molecule has 0 bridgehead atoms. The topological polar surface area (TPSA) is 71.5 Å². The number of sulfone groups is 1. The number of anilines is 1. The molecule has 2 fully saturated rings. The van der Waals surface area contributed by atoms with E-state index in [0.717, 1.165) is 25.0 Å². The third kappa shape index (κ3) is 3.34. The molecule has 0 amide bonds. The van der Waals surface area contributed by atoms with Crippen LogP contribution in [0.3, 0.4) is 0 Å². The Balaban J connectivity index is 1.75. The molecule has 5 nitrogen and oxygen atoms in total. The summed E-state index contributed by atoms with van der Waals surface area (Å²) in [5, 5.41) is 0.430. The Bertz CT molecular complexity index is 1260. The van der Waals surface area contributed by atoms with Gasteiger partial charge in [-0.05, 0) is 83.9 Å². The fourth-order valence-corrected chi connectivity index (χ4v) is 9.25. The Kier molecular flexibility index (Phi) is 5.01. The van der Waals surface area contributed by atoms with Gasteiger partial charge in [-0.1, -0.05) is 11.6 Å². The van der Waals surface area contributed by atoms with Crippen molar-refractivity contribution in [2.45, 2.75) is 42.0 Å². The average Bonchev–Trinajstić information content (AvgIpc) is 3.50. The van der Waals surface area contributed by atoms with Crippen LogP contribution in [-0.4, -0.2) is 34.4 Å². The Morgan fingerprint density at radius 1 is 1.06 bits per heavy atom. The maximum atomic E-state index is 13.8. The monoisotopic (exact) mass is 547 g/mol. The van der Waals surface area contributed by atoms with Crippen molar-refractivity contribution in [2.75, 3.05) is 15.8 Å². The molecule has 5 rings (SSSR count). The minimum absolute atomic E-state index is 0.00291. The Hall–Kier alpha value is -1.16. The van der Waals surface area contributed by atoms with Gasteiger partial charge in [0.2, 0.25) is 0 Å². The van der Waals surface area contributed by atoms with Gasteiger partial charge in [0.15, 0.2) is 0 Å². The van der Waals surface area contributed by atoms with Gasteiger partial charge in [-0.3, -0.25) is 4.31 Å². The molecule has 2 aromatic rings. The Labute approximate surface area is 194 Å². The number of nitrogens with zero attached hydrogens (tertiary/aromatic N) is 1. The van der Waals surface area contributed by atoms with Crippen molar-refractivity contribution >= 4 is 53.1 Å². The molecule has 1 saturated heterocycles. The lowest BCUT2D eigenvalue weighted by molar-refractivity contribution is 0.309. The molecule has 0 radical (unpaired) electrons. The highest BCUT2D eigenvalue weighted by Gasteiger charge is 2.61. The van der Waals surface area contributed by atoms with E-state index in [1.807, 2.05) is 0 Å². The zero-order valence-electron chi connectivity index (χ0n) is 16.4. The standard InChI is InChI=1S/C21H20BrClFNO4S2/c22-16-7-8-17-18(19(16)23)21(9-11-30(26,27)12-10-21)20(13-1-2-13)25(17)31(28,29)15-5-3-14(24)4-6-15/h3-8,13,20H,1-2,9-12H2. The van der Waals surface area contributed by atoms with Gasteiger partial charge >= 0.3 is 0 Å². The summed E-state index contributed by atoms with van der Waals surface area (Å²) < 4.78 is 67.8. The summed E-state index contributed by atoms with van der Waals surface area (Å²) in [7, 11) is -7.19. The second-order valence-corrected chi connectivity index (χ2v) is 14.0. The SMILES string of the molecule is O=S1(=O)CCC2(CC1)c1c(ccc(Br)c1Cl)N(S(=O)(=O)c1ccc(F)cc1)C2C1CC1. The molecule has 1 aliphatic carbocycles. The predicted octanol–water partition coefficient (Wildman–Crippen LogP) is 4.68. The third-order valence-corrected chi connectivity index (χ3v) is 11.5. The van der Waals surface area contributed by atoms with Gasteiger partial charge in [0.25, 0.3) is 10.0 Å². The van der Waals surface area contributed by atoms with E-state index in [-0.39, 0.29) is 22.3 Å². The normalized spacial score (nSPS) is 24.4. The smallest absolute Gasteiger partial charge is 0.262 e. The van der Waals surface area contributed by atoms with Crippen LogP contribution < -0.4 is 4.31 Å². The number of hydrogen-bond acceptors (Lipinski definition) is 4. The maximum Gasteiger partial charge on any atom is 0.264 e. The van der Waals surface area contributed by atoms with Crippen LogP contribution in [0.2, 0.25) is 5.02 Å². The molecule has 1 unspecified atom stereocenters. The molecule has 2 heterocycles. The van der Waals surface area contributed by atoms with Gasteiger partial charge < -0.3 is 0 Å². The van der Waals surface area contributed by atoms with Crippen LogP contribution in [-0.2, 0) is 25.3 Å². The fourth-order valence-electron chi connectivity index (χ4n) is 5.22. The highest BCUT2D eigenvalue weighted by molar-refractivity contribution is 9.10. The number of benzene rings is 2. The van der Waals surface area contributed by atoms with Gasteiger partial charge in [0.1, 0.15) is 15.7 Å². The molecule has 166 valence electrons. The molecule has 2 aromatic carbocycles. The molecule has 10 heteroatoms. The number of hydrogen-bond donors (Lipinski definition) is 0. The lowest BCUT2D eigenvalue weighted by Crippen LogP contribution is -2.52. The predicted molar refractivity (Wildman–Crippen MR) is 121 cm³/mol. The van der Waals surface area contributed by atoms with Crippen molar-refractivity contribution in [3.05, 3.63) is 57.3 Å². The zero-order valence-corrected chi connectivity index (χ0v) is 20.4. The molecule has 1 spiro atoms. The summed E-state index contributed by atoms with van der Waals surface area (Å²) in [6.07, 6.45) is 2.41. The van der Waals surface area contributed by atoms with E-state index in [2.05, 4.69) is 15.9 Å². The van der Waals surface area contributed by atoms with Crippen LogP contribution in [0.4, 0.5) is 10.1 Å². The van der Waals surface area contributed by atoms with Crippen LogP contribution in [0.25, 0.3) is 0 Å². The van der Waals surface area contributed by atoms with Gasteiger partial charge in [0.05, 0.1) is 33.2 Å². The Morgan fingerprint density at radius 3 is 2.26 bits per heavy atom. The van der Waals surface area contributed by atoms with Crippen molar-refractivity contribution in [1.82, 2.24) is 0 Å². The van der Waals surface area contributed by atoms with Gasteiger partial charge in [0, 0.05) is 15.5 Å². The first-order chi connectivity index (χ1) is 14.6. The molecule has 0 N–H and O–H groups in total. The highest BCUT2D eigenvalue weighted by atomic mass is 79.9. The van der Waals surface area contributed by atoms with E-state index < -0.39 is 37.1 Å². The number of fused-ring (bicyclic) bond motifs is 2. The summed E-state index contributed by atoms with van der Waals surface area (Å²) in [4.78, 5) is 0.00465. The minimum Gasteiger partial charge on any atom is -0.262 e. The summed E-state index contributed by atoms with van der Waals surface area (Å²) in [6, 6.07) is 7.84. The molecule has 31 heavy (non-hydrogen) atoms. The second kappa shape index (κ2) is 7.17. The molecule has 3 aliphatic rings. The summed E-state index contributed by atoms with van der Waals surface area (Å²) in [5.74, 6) is -0.384. The zero-order chi connectivity index (χ0) is 22.2. The van der Waals surface area contributed by atoms with E-state index in [1.54, 1.807) is 12.1 Å². The molecule has 2 aliphatic heterocycles. The van der Waals surface area contributed by atoms with Crippen LogP contribution in [0.1, 0.15) is 31.2 Å². The summed E-state index contributed by atoms with van der Waals surface area (Å²) in [5.41, 5.74) is 0.533. The maximum absolute atomic E-state index is 13.8. The first kappa shape index (κ1) is 21.7. The molecular formula is C21H20BrClFNO4S2. The van der Waals surface area contributed by atoms with Crippen LogP contribution >= 0.6 is 27.5 Å². The lowest BCUT2D eigenvalue weighted by atomic mass is 9.70. The van der Waals surface area contributed by atoms with E-state index in [9.17, 15) is 21.2 Å². The summed E-state index contributed by atoms with van der Waals surface area (Å²) in [6.45, 7) is 0. The highest BCUT2D eigenvalue weighted by Crippen LogP contribution is 2.61. The third-order valence-electron chi connectivity index (χ3n) is 6.78. The fraction of sp³-hybridized carbons (Fsp3) is 0.429. The summed E-state index contributed by atoms with van der Waals surface area (Å²) >= 11 is 10.2. The number of rotatable bonds is 3. The van der Waals surface area contributed by atoms with Gasteiger partial charge in [-0.15, -0.1) is 0 Å². The average molecular weight is 549 g/mol. The first-order valence-electron chi connectivity index (χ1n) is 10.1. The number of sulfonamides is 1. The molecule has 1 atom stereocenters. The van der Waals surface area contributed by atoms with Crippen molar-refractivity contribution in [2.24, 2.45) is 5.92 Å². The van der Waals surface area contributed by atoms with Crippen molar-refractivity contribution in [3.63, 3.8) is 0 Å². The minimum atomic E-state index is -4.01. The molecule has 0 aromatic heterocycles. The Morgan fingerprint density at radius 2 is 1.68 bits per heavy atom. The molecule has 1 saturated carbocycles. The van der Waals surface area contributed by atoms with Crippen LogP contribution in [0, 0.1) is 11.7 Å².